The number of carbonyl (C=O) groups excluding carboxylic acids is 3. The minimum atomic E-state index is -1.20. The fraction of sp³-hybridized carbons (Fsp3) is 0.478. The Kier molecular flexibility index (Phi) is 5.90. The summed E-state index contributed by atoms with van der Waals surface area (Å²) >= 11 is 0. The zero-order valence-corrected chi connectivity index (χ0v) is 18.6. The SMILES string of the molecule is COC(=O)c1cc2n(n1)CC(C)(C(=O)NC1CCCC1)N(Cc1ccccc1OC)C2=O. The van der Waals surface area contributed by atoms with Crippen molar-refractivity contribution in [3.63, 3.8) is 0 Å². The molecule has 1 aliphatic heterocycles. The summed E-state index contributed by atoms with van der Waals surface area (Å²) < 4.78 is 11.6. The lowest BCUT2D eigenvalue weighted by Gasteiger charge is -2.43. The van der Waals surface area contributed by atoms with Crippen molar-refractivity contribution in [2.45, 2.75) is 57.3 Å². The number of carbonyl (C=O) groups is 3. The van der Waals surface area contributed by atoms with Gasteiger partial charge in [-0.25, -0.2) is 4.79 Å². The standard InChI is InChI=1S/C23H28N4O5/c1-23(22(30)24-16-9-5-6-10-16)14-27-18(12-17(25-27)21(29)32-3)20(28)26(23)13-15-8-4-7-11-19(15)31-2/h4,7-8,11-12,16H,5-6,9-10,13-14H2,1-3H3,(H,24,30). The number of hydrogen-bond donors (Lipinski definition) is 1. The summed E-state index contributed by atoms with van der Waals surface area (Å²) in [6.45, 7) is 2.04. The third-order valence-electron chi connectivity index (χ3n) is 6.39. The van der Waals surface area contributed by atoms with Crippen LogP contribution in [0.2, 0.25) is 0 Å². The summed E-state index contributed by atoms with van der Waals surface area (Å²) in [5, 5.41) is 7.38. The second kappa shape index (κ2) is 8.64. The van der Waals surface area contributed by atoms with Gasteiger partial charge in [-0.2, -0.15) is 5.10 Å². The zero-order chi connectivity index (χ0) is 22.9. The Bertz CT molecular complexity index is 1040. The number of nitrogens with zero attached hydrogens (tertiary/aromatic N) is 3. The molecule has 32 heavy (non-hydrogen) atoms. The van der Waals surface area contributed by atoms with Crippen molar-refractivity contribution in [1.29, 1.82) is 0 Å². The van der Waals surface area contributed by atoms with Crippen LogP contribution in [0.5, 0.6) is 5.75 Å². The molecule has 1 N–H and O–H groups in total. The number of amides is 2. The van der Waals surface area contributed by atoms with Gasteiger partial charge in [0.15, 0.2) is 5.69 Å². The lowest BCUT2D eigenvalue weighted by molar-refractivity contribution is -0.134. The summed E-state index contributed by atoms with van der Waals surface area (Å²) in [7, 11) is 2.83. The summed E-state index contributed by atoms with van der Waals surface area (Å²) in [4.78, 5) is 40.7. The van der Waals surface area contributed by atoms with Crippen molar-refractivity contribution in [3.05, 3.63) is 47.3 Å². The van der Waals surface area contributed by atoms with Crippen LogP contribution < -0.4 is 10.1 Å². The first-order valence-corrected chi connectivity index (χ1v) is 10.8. The van der Waals surface area contributed by atoms with E-state index in [9.17, 15) is 14.4 Å². The summed E-state index contributed by atoms with van der Waals surface area (Å²) in [5.41, 5.74) is -0.142. The first-order valence-electron chi connectivity index (χ1n) is 10.8. The van der Waals surface area contributed by atoms with E-state index >= 15 is 0 Å². The zero-order valence-electron chi connectivity index (χ0n) is 18.6. The van der Waals surface area contributed by atoms with Crippen molar-refractivity contribution in [3.8, 4) is 5.75 Å². The summed E-state index contributed by atoms with van der Waals surface area (Å²) in [5.74, 6) is -0.608. The Hall–Kier alpha value is -3.36. The molecule has 9 heteroatoms. The fourth-order valence-corrected chi connectivity index (χ4v) is 4.51. The third kappa shape index (κ3) is 3.83. The monoisotopic (exact) mass is 440 g/mol. The highest BCUT2D eigenvalue weighted by Gasteiger charge is 2.49. The van der Waals surface area contributed by atoms with E-state index in [0.717, 1.165) is 31.2 Å². The lowest BCUT2D eigenvalue weighted by atomic mass is 9.93. The normalized spacial score (nSPS) is 20.7. The molecule has 2 aromatic rings. The second-order valence-electron chi connectivity index (χ2n) is 8.50. The Labute approximate surface area is 186 Å². The van der Waals surface area contributed by atoms with Crippen molar-refractivity contribution in [2.24, 2.45) is 0 Å². The number of fused-ring (bicyclic) bond motifs is 1. The maximum atomic E-state index is 13.6. The Balaban J connectivity index is 1.73. The molecule has 1 unspecified atom stereocenters. The molecular formula is C23H28N4O5. The molecule has 1 saturated carbocycles. The van der Waals surface area contributed by atoms with E-state index in [0.29, 0.717) is 5.75 Å². The summed E-state index contributed by atoms with van der Waals surface area (Å²) in [6, 6.07) is 8.92. The molecule has 2 aliphatic rings. The van der Waals surface area contributed by atoms with E-state index in [-0.39, 0.29) is 42.3 Å². The van der Waals surface area contributed by atoms with E-state index in [2.05, 4.69) is 10.4 Å². The van der Waals surface area contributed by atoms with Gasteiger partial charge >= 0.3 is 5.97 Å². The molecule has 0 radical (unpaired) electrons. The van der Waals surface area contributed by atoms with Crippen LogP contribution in [0.4, 0.5) is 0 Å². The molecule has 4 rings (SSSR count). The van der Waals surface area contributed by atoms with E-state index in [4.69, 9.17) is 9.47 Å². The second-order valence-corrected chi connectivity index (χ2v) is 8.50. The van der Waals surface area contributed by atoms with E-state index in [1.165, 1.54) is 17.9 Å². The van der Waals surface area contributed by atoms with Crippen LogP contribution in [0.15, 0.2) is 30.3 Å². The van der Waals surface area contributed by atoms with Crippen LogP contribution in [0.3, 0.4) is 0 Å². The highest BCUT2D eigenvalue weighted by molar-refractivity contribution is 6.01. The van der Waals surface area contributed by atoms with Crippen LogP contribution >= 0.6 is 0 Å². The molecule has 2 amide bonds. The molecule has 1 fully saturated rings. The average Bonchev–Trinajstić information content (AvgIpc) is 3.46. The highest BCUT2D eigenvalue weighted by atomic mass is 16.5. The first kappa shape index (κ1) is 21.9. The lowest BCUT2D eigenvalue weighted by Crippen LogP contribution is -2.64. The van der Waals surface area contributed by atoms with Gasteiger partial charge in [-0.15, -0.1) is 0 Å². The molecule has 0 saturated heterocycles. The van der Waals surface area contributed by atoms with Crippen LogP contribution in [0.25, 0.3) is 0 Å². The topological polar surface area (TPSA) is 103 Å². The maximum absolute atomic E-state index is 13.6. The minimum absolute atomic E-state index is 0.0357. The molecule has 1 atom stereocenters. The predicted octanol–water partition coefficient (Wildman–Crippen LogP) is 2.15. The van der Waals surface area contributed by atoms with Gasteiger partial charge in [0.1, 0.15) is 17.0 Å². The number of ether oxygens (including phenoxy) is 2. The van der Waals surface area contributed by atoms with Gasteiger partial charge < -0.3 is 19.7 Å². The average molecular weight is 441 g/mol. The fourth-order valence-electron chi connectivity index (χ4n) is 4.51. The van der Waals surface area contributed by atoms with Crippen LogP contribution in [0, 0.1) is 0 Å². The molecule has 9 nitrogen and oxygen atoms in total. The van der Waals surface area contributed by atoms with Gasteiger partial charge in [0.2, 0.25) is 5.91 Å². The van der Waals surface area contributed by atoms with Gasteiger partial charge in [-0.3, -0.25) is 14.3 Å². The Morgan fingerprint density at radius 3 is 2.62 bits per heavy atom. The van der Waals surface area contributed by atoms with Crippen LogP contribution in [0.1, 0.15) is 59.1 Å². The van der Waals surface area contributed by atoms with E-state index in [1.54, 1.807) is 18.9 Å². The number of hydrogen-bond acceptors (Lipinski definition) is 6. The van der Waals surface area contributed by atoms with Crippen LogP contribution in [-0.2, 0) is 22.6 Å². The number of esters is 1. The van der Waals surface area contributed by atoms with Gasteiger partial charge in [0.05, 0.1) is 27.3 Å². The first-order chi connectivity index (χ1) is 15.4. The minimum Gasteiger partial charge on any atom is -0.496 e. The number of nitrogens with one attached hydrogen (secondary N) is 1. The van der Waals surface area contributed by atoms with Gasteiger partial charge in [0, 0.05) is 17.7 Å². The Morgan fingerprint density at radius 2 is 1.94 bits per heavy atom. The molecule has 0 spiro atoms. The molecule has 1 aliphatic carbocycles. The molecule has 0 bridgehead atoms. The number of aromatic nitrogens is 2. The van der Waals surface area contributed by atoms with Gasteiger partial charge in [-0.1, -0.05) is 31.0 Å². The van der Waals surface area contributed by atoms with Gasteiger partial charge in [-0.05, 0) is 25.8 Å². The molecule has 2 heterocycles. The van der Waals surface area contributed by atoms with E-state index in [1.807, 2.05) is 24.3 Å². The number of para-hydroxylation sites is 1. The Morgan fingerprint density at radius 1 is 1.22 bits per heavy atom. The third-order valence-corrected chi connectivity index (χ3v) is 6.39. The predicted molar refractivity (Wildman–Crippen MR) is 115 cm³/mol. The molecular weight excluding hydrogens is 412 g/mol. The number of rotatable bonds is 6. The van der Waals surface area contributed by atoms with Crippen molar-refractivity contribution >= 4 is 17.8 Å². The molecule has 1 aromatic heterocycles. The smallest absolute Gasteiger partial charge is 0.358 e. The van der Waals surface area contributed by atoms with Gasteiger partial charge in [0.25, 0.3) is 5.91 Å². The maximum Gasteiger partial charge on any atom is 0.358 e. The van der Waals surface area contributed by atoms with Crippen LogP contribution in [-0.4, -0.2) is 58.3 Å². The van der Waals surface area contributed by atoms with Crippen molar-refractivity contribution in [2.75, 3.05) is 14.2 Å². The van der Waals surface area contributed by atoms with E-state index < -0.39 is 11.5 Å². The highest BCUT2D eigenvalue weighted by Crippen LogP contribution is 2.32. The van der Waals surface area contributed by atoms with Crippen molar-refractivity contribution < 1.29 is 23.9 Å². The van der Waals surface area contributed by atoms with Crippen molar-refractivity contribution in [1.82, 2.24) is 20.0 Å². The summed E-state index contributed by atoms with van der Waals surface area (Å²) in [6.07, 6.45) is 4.03. The molecule has 170 valence electrons. The molecule has 1 aromatic carbocycles. The quantitative estimate of drug-likeness (QED) is 0.691. The number of methoxy groups -OCH3 is 2. The largest absolute Gasteiger partial charge is 0.496 e. The number of benzene rings is 1.